The van der Waals surface area contributed by atoms with Gasteiger partial charge in [-0.25, -0.2) is 9.97 Å². The molecular formula is C17H24N4. The lowest BCUT2D eigenvalue weighted by atomic mass is 10.1. The van der Waals surface area contributed by atoms with Gasteiger partial charge in [0.25, 0.3) is 0 Å². The van der Waals surface area contributed by atoms with Gasteiger partial charge in [-0.3, -0.25) is 0 Å². The summed E-state index contributed by atoms with van der Waals surface area (Å²) in [6.45, 7) is 10.4. The summed E-state index contributed by atoms with van der Waals surface area (Å²) in [7, 11) is 0. The van der Waals surface area contributed by atoms with Crippen molar-refractivity contribution in [2.75, 3.05) is 10.6 Å². The third-order valence-corrected chi connectivity index (χ3v) is 3.58. The van der Waals surface area contributed by atoms with Crippen LogP contribution in [0.2, 0.25) is 0 Å². The summed E-state index contributed by atoms with van der Waals surface area (Å²) >= 11 is 0. The molecule has 0 saturated carbocycles. The standard InChI is InChI=1S/C17H24N4/c1-6-13(4)18-15-10-16(20-14(5)19-15)21-17-11(2)8-7-9-12(17)3/h7-10,13H,6H2,1-5H3,(H2,18,19,20,21). The minimum Gasteiger partial charge on any atom is -0.367 e. The number of anilines is 3. The summed E-state index contributed by atoms with van der Waals surface area (Å²) in [5.74, 6) is 2.45. The van der Waals surface area contributed by atoms with Crippen molar-refractivity contribution < 1.29 is 0 Å². The van der Waals surface area contributed by atoms with Gasteiger partial charge >= 0.3 is 0 Å². The summed E-state index contributed by atoms with van der Waals surface area (Å²) in [5.41, 5.74) is 3.54. The van der Waals surface area contributed by atoms with Gasteiger partial charge in [0.05, 0.1) is 0 Å². The van der Waals surface area contributed by atoms with E-state index in [2.05, 4.69) is 66.5 Å². The second-order valence-electron chi connectivity index (χ2n) is 5.53. The first-order valence-electron chi connectivity index (χ1n) is 7.45. The third kappa shape index (κ3) is 3.94. The van der Waals surface area contributed by atoms with Crippen LogP contribution in [-0.2, 0) is 0 Å². The SMILES string of the molecule is CCC(C)Nc1cc(Nc2c(C)cccc2C)nc(C)n1. The number of aromatic nitrogens is 2. The van der Waals surface area contributed by atoms with Gasteiger partial charge in [0, 0.05) is 17.8 Å². The highest BCUT2D eigenvalue weighted by molar-refractivity contribution is 5.65. The summed E-state index contributed by atoms with van der Waals surface area (Å²) in [5, 5.41) is 6.82. The molecule has 1 aromatic carbocycles. The highest BCUT2D eigenvalue weighted by Gasteiger charge is 2.07. The molecular weight excluding hydrogens is 260 g/mol. The maximum absolute atomic E-state index is 4.48. The molecule has 21 heavy (non-hydrogen) atoms. The van der Waals surface area contributed by atoms with Crippen LogP contribution in [0.25, 0.3) is 0 Å². The zero-order valence-corrected chi connectivity index (χ0v) is 13.5. The second kappa shape index (κ2) is 6.57. The molecule has 0 amide bonds. The Morgan fingerprint density at radius 1 is 1.05 bits per heavy atom. The van der Waals surface area contributed by atoms with Crippen LogP contribution in [0.4, 0.5) is 17.3 Å². The lowest BCUT2D eigenvalue weighted by molar-refractivity contribution is 0.757. The van der Waals surface area contributed by atoms with E-state index >= 15 is 0 Å². The molecule has 4 nitrogen and oxygen atoms in total. The van der Waals surface area contributed by atoms with E-state index in [4.69, 9.17) is 0 Å². The van der Waals surface area contributed by atoms with E-state index in [1.807, 2.05) is 13.0 Å². The maximum Gasteiger partial charge on any atom is 0.136 e. The van der Waals surface area contributed by atoms with Crippen molar-refractivity contribution in [3.8, 4) is 0 Å². The molecule has 0 radical (unpaired) electrons. The zero-order valence-electron chi connectivity index (χ0n) is 13.5. The lowest BCUT2D eigenvalue weighted by Gasteiger charge is -2.15. The molecule has 4 heteroatoms. The fourth-order valence-electron chi connectivity index (χ4n) is 2.20. The first-order valence-corrected chi connectivity index (χ1v) is 7.45. The molecule has 1 atom stereocenters. The van der Waals surface area contributed by atoms with Gasteiger partial charge in [-0.2, -0.15) is 0 Å². The summed E-state index contributed by atoms with van der Waals surface area (Å²) < 4.78 is 0. The Labute approximate surface area is 127 Å². The first kappa shape index (κ1) is 15.3. The molecule has 0 saturated heterocycles. The number of benzene rings is 1. The molecule has 1 heterocycles. The number of aryl methyl sites for hydroxylation is 3. The average Bonchev–Trinajstić information content (AvgIpc) is 2.42. The van der Waals surface area contributed by atoms with E-state index in [1.54, 1.807) is 0 Å². The van der Waals surface area contributed by atoms with E-state index < -0.39 is 0 Å². The van der Waals surface area contributed by atoms with Crippen molar-refractivity contribution in [3.05, 3.63) is 41.2 Å². The number of nitrogens with zero attached hydrogens (tertiary/aromatic N) is 2. The molecule has 0 aliphatic rings. The van der Waals surface area contributed by atoms with E-state index in [1.165, 1.54) is 11.1 Å². The van der Waals surface area contributed by atoms with Crippen molar-refractivity contribution in [1.82, 2.24) is 9.97 Å². The molecule has 112 valence electrons. The molecule has 0 spiro atoms. The van der Waals surface area contributed by atoms with Crippen LogP contribution >= 0.6 is 0 Å². The zero-order chi connectivity index (χ0) is 15.4. The van der Waals surface area contributed by atoms with Crippen LogP contribution in [0.3, 0.4) is 0 Å². The fourth-order valence-corrected chi connectivity index (χ4v) is 2.20. The summed E-state index contributed by atoms with van der Waals surface area (Å²) in [6, 6.07) is 8.62. The van der Waals surface area contributed by atoms with E-state index in [0.29, 0.717) is 6.04 Å². The molecule has 1 aromatic heterocycles. The Bertz CT molecular complexity index is 602. The van der Waals surface area contributed by atoms with Crippen LogP contribution in [0.5, 0.6) is 0 Å². The van der Waals surface area contributed by atoms with Gasteiger partial charge in [0.15, 0.2) is 0 Å². The van der Waals surface area contributed by atoms with Gasteiger partial charge in [0.2, 0.25) is 0 Å². The summed E-state index contributed by atoms with van der Waals surface area (Å²) in [6.07, 6.45) is 1.06. The third-order valence-electron chi connectivity index (χ3n) is 3.58. The smallest absolute Gasteiger partial charge is 0.136 e. The van der Waals surface area contributed by atoms with Gasteiger partial charge in [-0.05, 0) is 45.2 Å². The predicted octanol–water partition coefficient (Wildman–Crippen LogP) is 4.36. The maximum atomic E-state index is 4.48. The molecule has 0 bridgehead atoms. The molecule has 2 rings (SSSR count). The monoisotopic (exact) mass is 284 g/mol. The second-order valence-corrected chi connectivity index (χ2v) is 5.53. The Morgan fingerprint density at radius 2 is 1.67 bits per heavy atom. The van der Waals surface area contributed by atoms with Crippen molar-refractivity contribution in [1.29, 1.82) is 0 Å². The van der Waals surface area contributed by atoms with Crippen molar-refractivity contribution >= 4 is 17.3 Å². The topological polar surface area (TPSA) is 49.8 Å². The van der Waals surface area contributed by atoms with Gasteiger partial charge in [-0.15, -0.1) is 0 Å². The molecule has 0 aliphatic heterocycles. The van der Waals surface area contributed by atoms with Gasteiger partial charge in [-0.1, -0.05) is 25.1 Å². The Hall–Kier alpha value is -2.10. The largest absolute Gasteiger partial charge is 0.367 e. The fraction of sp³-hybridized carbons (Fsp3) is 0.412. The van der Waals surface area contributed by atoms with E-state index in [0.717, 1.165) is 29.6 Å². The predicted molar refractivity (Wildman–Crippen MR) is 89.3 cm³/mol. The quantitative estimate of drug-likeness (QED) is 0.856. The van der Waals surface area contributed by atoms with Crippen molar-refractivity contribution in [2.24, 2.45) is 0 Å². The number of para-hydroxylation sites is 1. The minimum absolute atomic E-state index is 0.396. The normalized spacial score (nSPS) is 12.0. The molecule has 2 aromatic rings. The van der Waals surface area contributed by atoms with Crippen LogP contribution in [0.15, 0.2) is 24.3 Å². The van der Waals surface area contributed by atoms with Crippen molar-refractivity contribution in [2.45, 2.75) is 47.1 Å². The molecule has 0 aliphatic carbocycles. The van der Waals surface area contributed by atoms with Crippen LogP contribution in [0, 0.1) is 20.8 Å². The first-order chi connectivity index (χ1) is 9.99. The number of rotatable bonds is 5. The van der Waals surface area contributed by atoms with Crippen LogP contribution < -0.4 is 10.6 Å². The van der Waals surface area contributed by atoms with Gasteiger partial charge in [0.1, 0.15) is 17.5 Å². The average molecular weight is 284 g/mol. The number of nitrogens with one attached hydrogen (secondary N) is 2. The Balaban J connectivity index is 2.28. The van der Waals surface area contributed by atoms with E-state index in [-0.39, 0.29) is 0 Å². The number of hydrogen-bond acceptors (Lipinski definition) is 4. The van der Waals surface area contributed by atoms with Gasteiger partial charge < -0.3 is 10.6 Å². The Morgan fingerprint density at radius 3 is 2.29 bits per heavy atom. The van der Waals surface area contributed by atoms with Crippen LogP contribution in [0.1, 0.15) is 37.2 Å². The highest BCUT2D eigenvalue weighted by atomic mass is 15.1. The minimum atomic E-state index is 0.396. The number of hydrogen-bond donors (Lipinski definition) is 2. The highest BCUT2D eigenvalue weighted by Crippen LogP contribution is 2.24. The van der Waals surface area contributed by atoms with Crippen molar-refractivity contribution in [3.63, 3.8) is 0 Å². The lowest BCUT2D eigenvalue weighted by Crippen LogP contribution is -2.15. The Kier molecular flexibility index (Phi) is 4.78. The van der Waals surface area contributed by atoms with E-state index in [9.17, 15) is 0 Å². The summed E-state index contributed by atoms with van der Waals surface area (Å²) in [4.78, 5) is 8.93. The molecule has 1 unspecified atom stereocenters. The van der Waals surface area contributed by atoms with Crippen LogP contribution in [-0.4, -0.2) is 16.0 Å². The molecule has 0 fully saturated rings. The molecule has 2 N–H and O–H groups in total.